The van der Waals surface area contributed by atoms with E-state index in [-0.39, 0.29) is 0 Å². The number of hydrogen-bond donors (Lipinski definition) is 1. The Morgan fingerprint density at radius 1 is 1.41 bits per heavy atom. The largest absolute Gasteiger partial charge is 0.440 e. The number of fused-ring (bicyclic) bond motifs is 1. The van der Waals surface area contributed by atoms with Gasteiger partial charge in [0.05, 0.1) is 0 Å². The Kier molecular flexibility index (Phi) is 2.63. The highest BCUT2D eigenvalue weighted by Crippen LogP contribution is 2.39. The first-order valence-corrected chi connectivity index (χ1v) is 6.35. The fourth-order valence-electron chi connectivity index (χ4n) is 2.91. The molecule has 0 radical (unpaired) electrons. The first-order chi connectivity index (χ1) is 8.29. The highest BCUT2D eigenvalue weighted by Gasteiger charge is 2.31. The third kappa shape index (κ3) is 1.75. The molecular formula is C14H18N2O. The fourth-order valence-corrected chi connectivity index (χ4v) is 2.91. The van der Waals surface area contributed by atoms with Crippen molar-refractivity contribution in [2.45, 2.75) is 32.1 Å². The number of nitrogens with two attached hydrogens (primary N) is 1. The van der Waals surface area contributed by atoms with Crippen LogP contribution < -0.4 is 5.73 Å². The SMILES string of the molecule is Cc1cccc2oc(C3CCCC3CN)nc12. The highest BCUT2D eigenvalue weighted by molar-refractivity contribution is 5.76. The van der Waals surface area contributed by atoms with Gasteiger partial charge in [0.15, 0.2) is 11.5 Å². The third-order valence-corrected chi connectivity index (χ3v) is 3.92. The summed E-state index contributed by atoms with van der Waals surface area (Å²) in [6, 6.07) is 6.08. The zero-order chi connectivity index (χ0) is 11.8. The molecule has 2 unspecified atom stereocenters. The molecule has 1 aliphatic rings. The Balaban J connectivity index is 2.03. The summed E-state index contributed by atoms with van der Waals surface area (Å²) in [7, 11) is 0. The van der Waals surface area contributed by atoms with E-state index in [1.165, 1.54) is 18.4 Å². The molecule has 1 aromatic carbocycles. The zero-order valence-electron chi connectivity index (χ0n) is 10.1. The summed E-state index contributed by atoms with van der Waals surface area (Å²) < 4.78 is 5.90. The second-order valence-corrected chi connectivity index (χ2v) is 5.01. The molecule has 0 amide bonds. The quantitative estimate of drug-likeness (QED) is 0.862. The second-order valence-electron chi connectivity index (χ2n) is 5.01. The molecule has 1 aromatic heterocycles. The molecule has 17 heavy (non-hydrogen) atoms. The topological polar surface area (TPSA) is 52.0 Å². The Bertz CT molecular complexity index is 532. The lowest BCUT2D eigenvalue weighted by molar-refractivity contribution is 0.401. The van der Waals surface area contributed by atoms with Gasteiger partial charge in [-0.3, -0.25) is 0 Å². The first kappa shape index (κ1) is 10.8. The smallest absolute Gasteiger partial charge is 0.198 e. The molecule has 0 spiro atoms. The molecule has 1 aliphatic carbocycles. The van der Waals surface area contributed by atoms with Gasteiger partial charge in [-0.15, -0.1) is 0 Å². The molecule has 1 heterocycles. The number of para-hydroxylation sites is 1. The van der Waals surface area contributed by atoms with Crippen LogP contribution in [0.3, 0.4) is 0 Å². The summed E-state index contributed by atoms with van der Waals surface area (Å²) >= 11 is 0. The Morgan fingerprint density at radius 3 is 3.06 bits per heavy atom. The van der Waals surface area contributed by atoms with Crippen molar-refractivity contribution in [3.63, 3.8) is 0 Å². The number of rotatable bonds is 2. The van der Waals surface area contributed by atoms with Gasteiger partial charge < -0.3 is 10.2 Å². The molecule has 3 heteroatoms. The van der Waals surface area contributed by atoms with Gasteiger partial charge in [-0.25, -0.2) is 4.98 Å². The van der Waals surface area contributed by atoms with E-state index in [1.807, 2.05) is 12.1 Å². The maximum atomic E-state index is 5.90. The van der Waals surface area contributed by atoms with E-state index in [1.54, 1.807) is 0 Å². The lowest BCUT2D eigenvalue weighted by Gasteiger charge is -2.13. The van der Waals surface area contributed by atoms with Crippen molar-refractivity contribution < 1.29 is 4.42 Å². The van der Waals surface area contributed by atoms with Crippen LogP contribution in [0, 0.1) is 12.8 Å². The minimum Gasteiger partial charge on any atom is -0.440 e. The van der Waals surface area contributed by atoms with Crippen molar-refractivity contribution in [3.8, 4) is 0 Å². The van der Waals surface area contributed by atoms with Crippen LogP contribution in [0.15, 0.2) is 22.6 Å². The lowest BCUT2D eigenvalue weighted by atomic mass is 9.96. The average molecular weight is 230 g/mol. The van der Waals surface area contributed by atoms with Crippen molar-refractivity contribution in [2.75, 3.05) is 6.54 Å². The lowest BCUT2D eigenvalue weighted by Crippen LogP contribution is -2.17. The summed E-state index contributed by atoms with van der Waals surface area (Å²) in [6.07, 6.45) is 3.61. The minimum atomic E-state index is 0.423. The highest BCUT2D eigenvalue weighted by atomic mass is 16.3. The van der Waals surface area contributed by atoms with Crippen LogP contribution in [0.25, 0.3) is 11.1 Å². The summed E-state index contributed by atoms with van der Waals surface area (Å²) in [5.41, 5.74) is 8.91. The molecule has 1 saturated carbocycles. The molecule has 90 valence electrons. The molecule has 3 nitrogen and oxygen atoms in total. The van der Waals surface area contributed by atoms with Crippen LogP contribution in [0.1, 0.15) is 36.6 Å². The molecule has 0 aliphatic heterocycles. The summed E-state index contributed by atoms with van der Waals surface area (Å²) in [5, 5.41) is 0. The third-order valence-electron chi connectivity index (χ3n) is 3.92. The number of hydrogen-bond acceptors (Lipinski definition) is 3. The van der Waals surface area contributed by atoms with Crippen LogP contribution in [0.2, 0.25) is 0 Å². The van der Waals surface area contributed by atoms with Crippen molar-refractivity contribution in [1.29, 1.82) is 0 Å². The Morgan fingerprint density at radius 2 is 2.29 bits per heavy atom. The number of aromatic nitrogens is 1. The molecule has 3 rings (SSSR count). The molecule has 2 N–H and O–H groups in total. The van der Waals surface area contributed by atoms with Crippen LogP contribution in [-0.4, -0.2) is 11.5 Å². The summed E-state index contributed by atoms with van der Waals surface area (Å²) in [6.45, 7) is 2.81. The van der Waals surface area contributed by atoms with Gasteiger partial charge >= 0.3 is 0 Å². The van der Waals surface area contributed by atoms with E-state index in [4.69, 9.17) is 10.2 Å². The van der Waals surface area contributed by atoms with Crippen LogP contribution in [0.4, 0.5) is 0 Å². The van der Waals surface area contributed by atoms with Gasteiger partial charge in [0.25, 0.3) is 0 Å². The number of nitrogens with zero attached hydrogens (tertiary/aromatic N) is 1. The molecule has 1 fully saturated rings. The fraction of sp³-hybridized carbons (Fsp3) is 0.500. The van der Waals surface area contributed by atoms with E-state index in [2.05, 4.69) is 18.0 Å². The maximum absolute atomic E-state index is 5.90. The number of oxazole rings is 1. The van der Waals surface area contributed by atoms with E-state index >= 15 is 0 Å². The van der Waals surface area contributed by atoms with Crippen LogP contribution >= 0.6 is 0 Å². The predicted molar refractivity (Wildman–Crippen MR) is 67.9 cm³/mol. The first-order valence-electron chi connectivity index (χ1n) is 6.35. The normalized spacial score (nSPS) is 24.6. The molecule has 0 bridgehead atoms. The van der Waals surface area contributed by atoms with Crippen molar-refractivity contribution in [3.05, 3.63) is 29.7 Å². The molecular weight excluding hydrogens is 212 g/mol. The van der Waals surface area contributed by atoms with Gasteiger partial charge in [-0.1, -0.05) is 18.6 Å². The molecule has 2 aromatic rings. The Hall–Kier alpha value is -1.35. The number of benzene rings is 1. The van der Waals surface area contributed by atoms with Gasteiger partial charge in [0.2, 0.25) is 0 Å². The molecule has 0 saturated heterocycles. The van der Waals surface area contributed by atoms with Crippen molar-refractivity contribution in [1.82, 2.24) is 4.98 Å². The van der Waals surface area contributed by atoms with Gasteiger partial charge in [0, 0.05) is 5.92 Å². The standard InChI is InChI=1S/C14H18N2O/c1-9-4-2-7-12-13(9)16-14(17-12)11-6-3-5-10(11)8-15/h2,4,7,10-11H,3,5-6,8,15H2,1H3. The summed E-state index contributed by atoms with van der Waals surface area (Å²) in [4.78, 5) is 4.67. The Labute approximate surface area is 101 Å². The van der Waals surface area contributed by atoms with Gasteiger partial charge in [0.1, 0.15) is 5.52 Å². The van der Waals surface area contributed by atoms with Crippen LogP contribution in [0.5, 0.6) is 0 Å². The van der Waals surface area contributed by atoms with Crippen molar-refractivity contribution >= 4 is 11.1 Å². The summed E-state index contributed by atoms with van der Waals surface area (Å²) in [5.74, 6) is 1.86. The minimum absolute atomic E-state index is 0.423. The maximum Gasteiger partial charge on any atom is 0.198 e. The van der Waals surface area contributed by atoms with E-state index in [9.17, 15) is 0 Å². The van der Waals surface area contributed by atoms with E-state index < -0.39 is 0 Å². The zero-order valence-corrected chi connectivity index (χ0v) is 10.1. The molecule has 2 atom stereocenters. The average Bonchev–Trinajstić information content (AvgIpc) is 2.94. The second kappa shape index (κ2) is 4.15. The van der Waals surface area contributed by atoms with E-state index in [0.717, 1.165) is 30.0 Å². The van der Waals surface area contributed by atoms with Gasteiger partial charge in [-0.05, 0) is 43.9 Å². The van der Waals surface area contributed by atoms with E-state index in [0.29, 0.717) is 11.8 Å². The predicted octanol–water partition coefficient (Wildman–Crippen LogP) is 2.98. The van der Waals surface area contributed by atoms with Gasteiger partial charge in [-0.2, -0.15) is 0 Å². The van der Waals surface area contributed by atoms with Crippen molar-refractivity contribution in [2.24, 2.45) is 11.7 Å². The monoisotopic (exact) mass is 230 g/mol. The number of aryl methyl sites for hydroxylation is 1. The van der Waals surface area contributed by atoms with Crippen LogP contribution in [-0.2, 0) is 0 Å².